The van der Waals surface area contributed by atoms with E-state index in [1.807, 2.05) is 32.0 Å². The fourth-order valence-corrected chi connectivity index (χ4v) is 3.10. The van der Waals surface area contributed by atoms with Gasteiger partial charge in [-0.1, -0.05) is 25.3 Å². The molecule has 1 aromatic heterocycles. The largest absolute Gasteiger partial charge is 0.486 e. The molecule has 1 N–H and O–H groups in total. The average Bonchev–Trinajstić information content (AvgIpc) is 3.10. The number of rotatable bonds is 6. The number of carbonyl (C=O) groups is 1. The summed E-state index contributed by atoms with van der Waals surface area (Å²) < 4.78 is 7.50. The molecule has 0 atom stereocenters. The second-order valence-corrected chi connectivity index (χ2v) is 6.76. The van der Waals surface area contributed by atoms with Gasteiger partial charge in [0.1, 0.15) is 12.4 Å². The molecule has 1 aliphatic carbocycles. The molecule has 0 unspecified atom stereocenters. The molecule has 25 heavy (non-hydrogen) atoms. The molecule has 1 heterocycles. The lowest BCUT2D eigenvalue weighted by atomic mass is 9.95. The third-order valence-corrected chi connectivity index (χ3v) is 4.45. The van der Waals surface area contributed by atoms with E-state index in [1.54, 1.807) is 10.7 Å². The minimum atomic E-state index is -0.0376. The first-order valence-electron chi connectivity index (χ1n) is 8.94. The SMILES string of the molecule is CC(C)n1nnnc1COc1cccc(C(=O)NC2CCCCC2)c1. The van der Waals surface area contributed by atoms with Gasteiger partial charge in [0.2, 0.25) is 0 Å². The Balaban J connectivity index is 1.60. The molecule has 1 aliphatic rings. The van der Waals surface area contributed by atoms with E-state index in [4.69, 9.17) is 4.74 Å². The number of nitrogens with one attached hydrogen (secondary N) is 1. The van der Waals surface area contributed by atoms with Crippen LogP contribution in [0.5, 0.6) is 5.75 Å². The number of amides is 1. The molecule has 7 heteroatoms. The summed E-state index contributed by atoms with van der Waals surface area (Å²) in [6.07, 6.45) is 5.79. The highest BCUT2D eigenvalue weighted by molar-refractivity contribution is 5.94. The van der Waals surface area contributed by atoms with Crippen LogP contribution in [0.3, 0.4) is 0 Å². The molecule has 2 aromatic rings. The van der Waals surface area contributed by atoms with E-state index in [9.17, 15) is 4.79 Å². The molecule has 0 spiro atoms. The molecule has 1 aromatic carbocycles. The van der Waals surface area contributed by atoms with Gasteiger partial charge in [0.15, 0.2) is 5.82 Å². The van der Waals surface area contributed by atoms with Crippen molar-refractivity contribution in [2.45, 2.75) is 64.6 Å². The minimum Gasteiger partial charge on any atom is -0.486 e. The second-order valence-electron chi connectivity index (χ2n) is 6.76. The Morgan fingerprint density at radius 3 is 2.88 bits per heavy atom. The van der Waals surface area contributed by atoms with E-state index in [-0.39, 0.29) is 18.6 Å². The van der Waals surface area contributed by atoms with Crippen molar-refractivity contribution in [3.05, 3.63) is 35.7 Å². The lowest BCUT2D eigenvalue weighted by molar-refractivity contribution is 0.0927. The van der Waals surface area contributed by atoms with Gasteiger partial charge in [-0.15, -0.1) is 5.10 Å². The van der Waals surface area contributed by atoms with Crippen LogP contribution < -0.4 is 10.1 Å². The van der Waals surface area contributed by atoms with E-state index in [0.717, 1.165) is 12.8 Å². The van der Waals surface area contributed by atoms with Crippen LogP contribution in [0.4, 0.5) is 0 Å². The number of aromatic nitrogens is 4. The first-order valence-corrected chi connectivity index (χ1v) is 8.94. The van der Waals surface area contributed by atoms with Crippen molar-refractivity contribution in [2.75, 3.05) is 0 Å². The maximum atomic E-state index is 12.4. The van der Waals surface area contributed by atoms with Crippen molar-refractivity contribution >= 4 is 5.91 Å². The predicted molar refractivity (Wildman–Crippen MR) is 93.3 cm³/mol. The van der Waals surface area contributed by atoms with Crippen molar-refractivity contribution in [1.29, 1.82) is 0 Å². The van der Waals surface area contributed by atoms with Crippen LogP contribution in [0.25, 0.3) is 0 Å². The van der Waals surface area contributed by atoms with Gasteiger partial charge in [-0.3, -0.25) is 4.79 Å². The summed E-state index contributed by atoms with van der Waals surface area (Å²) in [5.41, 5.74) is 0.617. The minimum absolute atomic E-state index is 0.0376. The van der Waals surface area contributed by atoms with Crippen LogP contribution in [-0.2, 0) is 6.61 Å². The zero-order chi connectivity index (χ0) is 17.6. The first-order chi connectivity index (χ1) is 12.1. The number of ether oxygens (including phenoxy) is 1. The third-order valence-electron chi connectivity index (χ3n) is 4.45. The zero-order valence-electron chi connectivity index (χ0n) is 14.8. The van der Waals surface area contributed by atoms with E-state index < -0.39 is 0 Å². The Morgan fingerprint density at radius 2 is 2.12 bits per heavy atom. The lowest BCUT2D eigenvalue weighted by Crippen LogP contribution is -2.36. The van der Waals surface area contributed by atoms with Crippen molar-refractivity contribution in [1.82, 2.24) is 25.5 Å². The summed E-state index contributed by atoms with van der Waals surface area (Å²) in [6.45, 7) is 4.28. The van der Waals surface area contributed by atoms with E-state index in [2.05, 4.69) is 20.8 Å². The summed E-state index contributed by atoms with van der Waals surface area (Å²) in [6, 6.07) is 7.70. The Kier molecular flexibility index (Phi) is 5.63. The standard InChI is InChI=1S/C18H25N5O2/c1-13(2)23-17(20-21-22-23)12-25-16-10-6-7-14(11-16)18(24)19-15-8-4-3-5-9-15/h6-7,10-11,13,15H,3-5,8-9,12H2,1-2H3,(H,19,24). The fraction of sp³-hybridized carbons (Fsp3) is 0.556. The maximum absolute atomic E-state index is 12.4. The molecule has 1 fully saturated rings. The topological polar surface area (TPSA) is 81.9 Å². The molecule has 134 valence electrons. The molecular weight excluding hydrogens is 318 g/mol. The maximum Gasteiger partial charge on any atom is 0.251 e. The first kappa shape index (κ1) is 17.4. The number of carbonyl (C=O) groups excluding carboxylic acids is 1. The normalized spacial score (nSPS) is 15.3. The van der Waals surface area contributed by atoms with Gasteiger partial charge in [0, 0.05) is 11.6 Å². The van der Waals surface area contributed by atoms with Crippen LogP contribution in [0.1, 0.15) is 68.2 Å². The Labute approximate surface area is 147 Å². The van der Waals surface area contributed by atoms with Crippen LogP contribution in [-0.4, -0.2) is 32.2 Å². The average molecular weight is 343 g/mol. The van der Waals surface area contributed by atoms with Gasteiger partial charge < -0.3 is 10.1 Å². The molecule has 0 radical (unpaired) electrons. The second kappa shape index (κ2) is 8.09. The Bertz CT molecular complexity index is 707. The van der Waals surface area contributed by atoms with Crippen molar-refractivity contribution in [2.24, 2.45) is 0 Å². The number of hydrogen-bond donors (Lipinski definition) is 1. The highest BCUT2D eigenvalue weighted by Gasteiger charge is 2.17. The van der Waals surface area contributed by atoms with Crippen molar-refractivity contribution in [3.63, 3.8) is 0 Å². The van der Waals surface area contributed by atoms with Crippen LogP contribution in [0.15, 0.2) is 24.3 Å². The number of benzene rings is 1. The van der Waals surface area contributed by atoms with Gasteiger partial charge in [-0.2, -0.15) is 0 Å². The molecule has 0 bridgehead atoms. The van der Waals surface area contributed by atoms with Gasteiger partial charge in [0.05, 0.1) is 6.04 Å². The molecule has 7 nitrogen and oxygen atoms in total. The smallest absolute Gasteiger partial charge is 0.251 e. The Morgan fingerprint density at radius 1 is 1.32 bits per heavy atom. The lowest BCUT2D eigenvalue weighted by Gasteiger charge is -2.22. The van der Waals surface area contributed by atoms with E-state index >= 15 is 0 Å². The monoisotopic (exact) mass is 343 g/mol. The fourth-order valence-electron chi connectivity index (χ4n) is 3.10. The van der Waals surface area contributed by atoms with Gasteiger partial charge in [-0.25, -0.2) is 4.68 Å². The van der Waals surface area contributed by atoms with Crippen molar-refractivity contribution < 1.29 is 9.53 Å². The molecular formula is C18H25N5O2. The number of hydrogen-bond acceptors (Lipinski definition) is 5. The summed E-state index contributed by atoms with van der Waals surface area (Å²) in [5, 5.41) is 14.7. The molecule has 1 saturated carbocycles. The van der Waals surface area contributed by atoms with E-state index in [0.29, 0.717) is 23.2 Å². The zero-order valence-corrected chi connectivity index (χ0v) is 14.8. The quantitative estimate of drug-likeness (QED) is 0.872. The van der Waals surface area contributed by atoms with Crippen LogP contribution >= 0.6 is 0 Å². The molecule has 1 amide bonds. The highest BCUT2D eigenvalue weighted by atomic mass is 16.5. The molecule has 0 saturated heterocycles. The summed E-state index contributed by atoms with van der Waals surface area (Å²) in [4.78, 5) is 12.4. The highest BCUT2D eigenvalue weighted by Crippen LogP contribution is 2.19. The van der Waals surface area contributed by atoms with Crippen LogP contribution in [0.2, 0.25) is 0 Å². The van der Waals surface area contributed by atoms with Crippen molar-refractivity contribution in [3.8, 4) is 5.75 Å². The van der Waals surface area contributed by atoms with Gasteiger partial charge in [0.25, 0.3) is 5.91 Å². The summed E-state index contributed by atoms with van der Waals surface area (Å²) >= 11 is 0. The van der Waals surface area contributed by atoms with Gasteiger partial charge >= 0.3 is 0 Å². The number of nitrogens with zero attached hydrogens (tertiary/aromatic N) is 4. The third kappa shape index (κ3) is 4.55. The number of tetrazole rings is 1. The van der Waals surface area contributed by atoms with Gasteiger partial charge in [-0.05, 0) is 55.3 Å². The predicted octanol–water partition coefficient (Wildman–Crippen LogP) is 2.90. The molecule has 0 aliphatic heterocycles. The summed E-state index contributed by atoms with van der Waals surface area (Å²) in [7, 11) is 0. The summed E-state index contributed by atoms with van der Waals surface area (Å²) in [5.74, 6) is 1.26. The van der Waals surface area contributed by atoms with Crippen LogP contribution in [0, 0.1) is 0 Å². The molecule has 3 rings (SSSR count). The Hall–Kier alpha value is -2.44. The van der Waals surface area contributed by atoms with E-state index in [1.165, 1.54) is 19.3 Å².